The highest BCUT2D eigenvalue weighted by atomic mass is 15.3. The average molecular weight is 657 g/mol. The Bertz CT molecular complexity index is 1070. The Morgan fingerprint density at radius 1 is 0.250 bits per heavy atom. The van der Waals surface area contributed by atoms with Crippen molar-refractivity contribution in [1.82, 2.24) is 9.80 Å². The van der Waals surface area contributed by atoms with Gasteiger partial charge in [-0.25, -0.2) is 0 Å². The van der Waals surface area contributed by atoms with Gasteiger partial charge in [0.1, 0.15) is 0 Å². The normalized spacial score (nSPS) is 49.9. The van der Waals surface area contributed by atoms with Crippen LogP contribution in [0.2, 0.25) is 0 Å². The molecule has 2 nitrogen and oxygen atoms in total. The molecule has 2 aliphatic heterocycles. The van der Waals surface area contributed by atoms with Gasteiger partial charge in [-0.3, -0.25) is 9.80 Å². The zero-order valence-electron chi connectivity index (χ0n) is 31.3. The van der Waals surface area contributed by atoms with Crippen LogP contribution < -0.4 is 0 Å². The van der Waals surface area contributed by atoms with Gasteiger partial charge in [0.25, 0.3) is 0 Å². The van der Waals surface area contributed by atoms with E-state index in [1.165, 1.54) is 38.5 Å². The van der Waals surface area contributed by atoms with Gasteiger partial charge in [-0.15, -0.1) is 0 Å². The van der Waals surface area contributed by atoms with E-state index >= 15 is 0 Å². The molecule has 0 spiro atoms. The van der Waals surface area contributed by atoms with E-state index in [1.807, 2.05) is 0 Å². The van der Waals surface area contributed by atoms with Crippen molar-refractivity contribution in [2.75, 3.05) is 0 Å². The maximum Gasteiger partial charge on any atom is 0.0137 e. The fourth-order valence-electron chi connectivity index (χ4n) is 17.2. The molecule has 13 unspecified atom stereocenters. The predicted octanol–water partition coefficient (Wildman–Crippen LogP) is 11.8. The van der Waals surface area contributed by atoms with Crippen LogP contribution in [-0.2, 0) is 0 Å². The fourth-order valence-corrected chi connectivity index (χ4v) is 17.2. The second kappa shape index (κ2) is 14.0. The first-order valence-corrected chi connectivity index (χ1v) is 23.4. The minimum Gasteiger partial charge on any atom is -0.294 e. The van der Waals surface area contributed by atoms with Gasteiger partial charge in [0.2, 0.25) is 0 Å². The van der Waals surface area contributed by atoms with E-state index < -0.39 is 0 Å². The third-order valence-corrected chi connectivity index (χ3v) is 19.0. The van der Waals surface area contributed by atoms with E-state index in [-0.39, 0.29) is 0 Å². The molecule has 0 radical (unpaired) electrons. The van der Waals surface area contributed by atoms with E-state index in [0.717, 1.165) is 95.4 Å². The highest BCUT2D eigenvalue weighted by Crippen LogP contribution is 2.62. The van der Waals surface area contributed by atoms with E-state index in [0.29, 0.717) is 0 Å². The van der Waals surface area contributed by atoms with Gasteiger partial charge in [-0.1, -0.05) is 96.3 Å². The lowest BCUT2D eigenvalue weighted by atomic mass is 9.60. The lowest BCUT2D eigenvalue weighted by Crippen LogP contribution is -2.53. The quantitative estimate of drug-likeness (QED) is 0.297. The van der Waals surface area contributed by atoms with E-state index in [2.05, 4.69) is 9.80 Å². The molecule has 8 aliphatic carbocycles. The molecular formula is C46H76N2. The molecule has 2 heteroatoms. The summed E-state index contributed by atoms with van der Waals surface area (Å²) in [6, 6.07) is 5.75. The summed E-state index contributed by atoms with van der Waals surface area (Å²) in [5.74, 6) is 10.8. The van der Waals surface area contributed by atoms with Gasteiger partial charge < -0.3 is 0 Å². The Morgan fingerprint density at radius 2 is 0.729 bits per heavy atom. The van der Waals surface area contributed by atoms with Crippen LogP contribution in [0.1, 0.15) is 193 Å². The zero-order chi connectivity index (χ0) is 31.6. The van der Waals surface area contributed by atoms with Crippen LogP contribution in [0.25, 0.3) is 0 Å². The molecule has 0 aromatic heterocycles. The monoisotopic (exact) mass is 657 g/mol. The molecule has 2 heterocycles. The number of fused-ring (bicyclic) bond motifs is 8. The van der Waals surface area contributed by atoms with Crippen molar-refractivity contribution in [2.45, 2.75) is 229 Å². The first-order chi connectivity index (χ1) is 23.8. The summed E-state index contributed by atoms with van der Waals surface area (Å²) in [4.78, 5) is 6.82. The minimum atomic E-state index is 0.946. The first kappa shape index (κ1) is 32.6. The summed E-state index contributed by atoms with van der Waals surface area (Å²) in [6.45, 7) is 0. The standard InChI is InChI=1S/C46H76N2/c1-4-12-31(13-5-1)33-20-21-35-29-38(24-22-34(35)28-33)48-41-19-11-10-18-39(41)45-43(48)27-26-42-46(45)40-25-23-36(32-14-6-2-7-15-32)30-44(40)47(42)37-16-8-3-9-17-37/h31-46H,1-30H2. The Hall–Kier alpha value is -0.0800. The molecule has 10 fully saturated rings. The van der Waals surface area contributed by atoms with Crippen LogP contribution in [0.3, 0.4) is 0 Å². The Kier molecular flexibility index (Phi) is 9.53. The number of hydrogen-bond acceptors (Lipinski definition) is 2. The second-order valence-corrected chi connectivity index (χ2v) is 20.7. The lowest BCUT2D eigenvalue weighted by Gasteiger charge is -2.50. The molecule has 10 aliphatic rings. The second-order valence-electron chi connectivity index (χ2n) is 20.7. The fraction of sp³-hybridized carbons (Fsp3) is 1.00. The van der Waals surface area contributed by atoms with Gasteiger partial charge in [0.05, 0.1) is 0 Å². The third-order valence-electron chi connectivity index (χ3n) is 19.0. The summed E-state index contributed by atoms with van der Waals surface area (Å²) < 4.78 is 0. The van der Waals surface area contributed by atoms with Crippen LogP contribution in [0.5, 0.6) is 0 Å². The van der Waals surface area contributed by atoms with Crippen molar-refractivity contribution in [3.63, 3.8) is 0 Å². The van der Waals surface area contributed by atoms with Crippen LogP contribution >= 0.6 is 0 Å². The minimum absolute atomic E-state index is 0.946. The molecule has 0 aromatic rings. The maximum absolute atomic E-state index is 3.42. The predicted molar refractivity (Wildman–Crippen MR) is 200 cm³/mol. The number of nitrogens with zero attached hydrogens (tertiary/aromatic N) is 2. The van der Waals surface area contributed by atoms with Crippen molar-refractivity contribution in [3.05, 3.63) is 0 Å². The molecule has 0 N–H and O–H groups in total. The Morgan fingerprint density at radius 3 is 1.42 bits per heavy atom. The van der Waals surface area contributed by atoms with Crippen molar-refractivity contribution in [3.8, 4) is 0 Å². The number of hydrogen-bond donors (Lipinski definition) is 0. The molecule has 0 bridgehead atoms. The van der Waals surface area contributed by atoms with E-state index in [4.69, 9.17) is 0 Å². The van der Waals surface area contributed by atoms with Crippen LogP contribution in [0.15, 0.2) is 0 Å². The van der Waals surface area contributed by atoms with Gasteiger partial charge in [-0.05, 0) is 155 Å². The highest BCUT2D eigenvalue weighted by molar-refractivity contribution is 5.17. The topological polar surface area (TPSA) is 6.48 Å². The van der Waals surface area contributed by atoms with E-state index in [9.17, 15) is 0 Å². The Balaban J connectivity index is 0.895. The average Bonchev–Trinajstić information content (AvgIpc) is 3.68. The van der Waals surface area contributed by atoms with Crippen LogP contribution in [-0.4, -0.2) is 46.1 Å². The first-order valence-electron chi connectivity index (χ1n) is 23.4. The molecule has 0 aromatic carbocycles. The molecular weight excluding hydrogens is 581 g/mol. The zero-order valence-corrected chi connectivity index (χ0v) is 31.3. The highest BCUT2D eigenvalue weighted by Gasteiger charge is 2.64. The molecule has 0 amide bonds. The number of rotatable bonds is 4. The molecule has 48 heavy (non-hydrogen) atoms. The van der Waals surface area contributed by atoms with Crippen molar-refractivity contribution >= 4 is 0 Å². The molecule has 8 saturated carbocycles. The maximum atomic E-state index is 3.42. The summed E-state index contributed by atoms with van der Waals surface area (Å²) in [5.41, 5.74) is 0. The van der Waals surface area contributed by atoms with Crippen molar-refractivity contribution < 1.29 is 0 Å². The van der Waals surface area contributed by atoms with Gasteiger partial charge in [0, 0.05) is 36.3 Å². The summed E-state index contributed by atoms with van der Waals surface area (Å²) >= 11 is 0. The van der Waals surface area contributed by atoms with Crippen LogP contribution in [0, 0.1) is 59.2 Å². The summed E-state index contributed by atoms with van der Waals surface area (Å²) in [6.07, 6.45) is 47.0. The van der Waals surface area contributed by atoms with Crippen molar-refractivity contribution in [1.29, 1.82) is 0 Å². The molecule has 13 atom stereocenters. The number of likely N-dealkylation sites (tertiary alicyclic amines) is 2. The largest absolute Gasteiger partial charge is 0.294 e. The SMILES string of the molecule is C1CCC(C2CCC3CC(N4C5CCCCC5C5C6C7CCC(C8CCCCC8)CC7N(C7CCCCC7)C6CCC54)CCC3C2)CC1. The van der Waals surface area contributed by atoms with Gasteiger partial charge in [-0.2, -0.15) is 0 Å². The molecule has 10 rings (SSSR count). The van der Waals surface area contributed by atoms with Crippen molar-refractivity contribution in [2.24, 2.45) is 59.2 Å². The van der Waals surface area contributed by atoms with E-state index in [1.54, 1.807) is 154 Å². The van der Waals surface area contributed by atoms with Gasteiger partial charge >= 0.3 is 0 Å². The molecule has 2 saturated heterocycles. The van der Waals surface area contributed by atoms with Crippen LogP contribution in [0.4, 0.5) is 0 Å². The smallest absolute Gasteiger partial charge is 0.0137 e. The van der Waals surface area contributed by atoms with Gasteiger partial charge in [0.15, 0.2) is 0 Å². The lowest BCUT2D eigenvalue weighted by molar-refractivity contribution is -0.00622. The summed E-state index contributed by atoms with van der Waals surface area (Å²) in [7, 11) is 0. The summed E-state index contributed by atoms with van der Waals surface area (Å²) in [5, 5.41) is 0. The third kappa shape index (κ3) is 5.75. The molecule has 270 valence electrons. The Labute approximate surface area is 297 Å².